The highest BCUT2D eigenvalue weighted by atomic mass is 16.4. The maximum absolute atomic E-state index is 10.5. The zero-order valence-electron chi connectivity index (χ0n) is 6.83. The molecule has 12 heavy (non-hydrogen) atoms. The third-order valence-electron chi connectivity index (χ3n) is 1.43. The normalized spacial score (nSPS) is 9.75. The highest BCUT2D eigenvalue weighted by molar-refractivity contribution is 5.86. The average molecular weight is 166 g/mol. The molecule has 0 aliphatic carbocycles. The van der Waals surface area contributed by atoms with Crippen LogP contribution in [0.3, 0.4) is 0 Å². The van der Waals surface area contributed by atoms with Gasteiger partial charge in [0.1, 0.15) is 0 Å². The van der Waals surface area contributed by atoms with Gasteiger partial charge in [0.05, 0.1) is 6.26 Å². The van der Waals surface area contributed by atoms with Crippen molar-refractivity contribution in [2.45, 2.75) is 13.3 Å². The molecule has 1 aromatic rings. The summed E-state index contributed by atoms with van der Waals surface area (Å²) in [5.41, 5.74) is 1.59. The van der Waals surface area contributed by atoms with Crippen LogP contribution in [0.1, 0.15) is 23.0 Å². The monoisotopic (exact) mass is 166 g/mol. The Labute approximate surface area is 70.3 Å². The third kappa shape index (κ3) is 1.75. The second kappa shape index (κ2) is 3.26. The molecule has 0 aliphatic rings. The van der Waals surface area contributed by atoms with Crippen LogP contribution in [0.25, 0.3) is 0 Å². The van der Waals surface area contributed by atoms with E-state index in [-0.39, 0.29) is 5.76 Å². The predicted molar refractivity (Wildman–Crippen MR) is 44.2 cm³/mol. The summed E-state index contributed by atoms with van der Waals surface area (Å²) < 4.78 is 4.79. The van der Waals surface area contributed by atoms with Crippen molar-refractivity contribution in [3.05, 3.63) is 35.8 Å². The molecular weight excluding hydrogens is 156 g/mol. The van der Waals surface area contributed by atoms with Crippen LogP contribution in [0.5, 0.6) is 0 Å². The number of furan rings is 1. The van der Waals surface area contributed by atoms with Gasteiger partial charge in [-0.2, -0.15) is 0 Å². The molecule has 1 rings (SSSR count). The fraction of sp³-hybridized carbons (Fsp3) is 0.222. The first-order valence-corrected chi connectivity index (χ1v) is 3.55. The van der Waals surface area contributed by atoms with Crippen molar-refractivity contribution in [1.82, 2.24) is 0 Å². The summed E-state index contributed by atoms with van der Waals surface area (Å²) in [6.07, 6.45) is 1.93. The van der Waals surface area contributed by atoms with Crippen LogP contribution in [0, 0.1) is 0 Å². The Morgan fingerprint density at radius 2 is 2.42 bits per heavy atom. The number of carbonyl (C=O) groups is 1. The molecule has 0 aliphatic heterocycles. The molecule has 0 saturated carbocycles. The van der Waals surface area contributed by atoms with Crippen LogP contribution >= 0.6 is 0 Å². The van der Waals surface area contributed by atoms with Gasteiger partial charge in [-0.15, -0.1) is 0 Å². The number of hydrogen-bond donors (Lipinski definition) is 1. The Morgan fingerprint density at radius 3 is 2.92 bits per heavy atom. The molecule has 0 amide bonds. The fourth-order valence-electron chi connectivity index (χ4n) is 0.988. The van der Waals surface area contributed by atoms with Gasteiger partial charge in [-0.1, -0.05) is 12.2 Å². The summed E-state index contributed by atoms with van der Waals surface area (Å²) in [6, 6.07) is 1.65. The average Bonchev–Trinajstić information content (AvgIpc) is 2.33. The predicted octanol–water partition coefficient (Wildman–Crippen LogP) is 2.10. The molecule has 0 aromatic carbocycles. The molecule has 0 saturated heterocycles. The minimum atomic E-state index is -1.03. The van der Waals surface area contributed by atoms with E-state index in [0.29, 0.717) is 12.0 Å². The van der Waals surface area contributed by atoms with E-state index in [1.807, 2.05) is 6.92 Å². The summed E-state index contributed by atoms with van der Waals surface area (Å²) in [7, 11) is 0. The van der Waals surface area contributed by atoms with Crippen molar-refractivity contribution in [2.75, 3.05) is 0 Å². The van der Waals surface area contributed by atoms with Crippen molar-refractivity contribution >= 4 is 5.97 Å². The number of rotatable bonds is 3. The first-order chi connectivity index (χ1) is 5.61. The zero-order valence-corrected chi connectivity index (χ0v) is 6.83. The Balaban J connectivity index is 2.91. The summed E-state index contributed by atoms with van der Waals surface area (Å²) in [6.45, 7) is 5.54. The topological polar surface area (TPSA) is 50.4 Å². The SMILES string of the molecule is C=C(C)Cc1ccoc1C(=O)O. The quantitative estimate of drug-likeness (QED) is 0.699. The largest absolute Gasteiger partial charge is 0.475 e. The van der Waals surface area contributed by atoms with Gasteiger partial charge in [-0.3, -0.25) is 0 Å². The van der Waals surface area contributed by atoms with Crippen molar-refractivity contribution in [3.63, 3.8) is 0 Å². The summed E-state index contributed by atoms with van der Waals surface area (Å²) in [5, 5.41) is 8.64. The lowest BCUT2D eigenvalue weighted by molar-refractivity contribution is 0.0661. The van der Waals surface area contributed by atoms with E-state index >= 15 is 0 Å². The number of carboxylic acids is 1. The van der Waals surface area contributed by atoms with E-state index in [9.17, 15) is 4.79 Å². The minimum absolute atomic E-state index is 0.0120. The maximum Gasteiger partial charge on any atom is 0.372 e. The van der Waals surface area contributed by atoms with Gasteiger partial charge in [-0.05, 0) is 19.4 Å². The Morgan fingerprint density at radius 1 is 1.75 bits per heavy atom. The van der Waals surface area contributed by atoms with Crippen molar-refractivity contribution in [2.24, 2.45) is 0 Å². The molecule has 0 unspecified atom stereocenters. The van der Waals surface area contributed by atoms with E-state index in [2.05, 4.69) is 6.58 Å². The summed E-state index contributed by atoms with van der Waals surface area (Å²) in [4.78, 5) is 10.5. The van der Waals surface area contributed by atoms with Gasteiger partial charge in [0.15, 0.2) is 0 Å². The molecule has 0 spiro atoms. The number of carboxylic acid groups (broad SMARTS) is 1. The van der Waals surface area contributed by atoms with Crippen molar-refractivity contribution in [1.29, 1.82) is 0 Å². The maximum atomic E-state index is 10.5. The lowest BCUT2D eigenvalue weighted by atomic mass is 10.1. The van der Waals surface area contributed by atoms with Gasteiger partial charge in [-0.25, -0.2) is 4.79 Å². The molecule has 64 valence electrons. The lowest BCUT2D eigenvalue weighted by Gasteiger charge is -1.96. The number of hydrogen-bond acceptors (Lipinski definition) is 2. The first-order valence-electron chi connectivity index (χ1n) is 3.55. The molecule has 1 N–H and O–H groups in total. The van der Waals surface area contributed by atoms with E-state index in [0.717, 1.165) is 5.57 Å². The van der Waals surface area contributed by atoms with Crippen LogP contribution in [-0.4, -0.2) is 11.1 Å². The third-order valence-corrected chi connectivity index (χ3v) is 1.43. The Bertz CT molecular complexity index is 309. The molecule has 0 fully saturated rings. The van der Waals surface area contributed by atoms with Gasteiger partial charge in [0.25, 0.3) is 0 Å². The van der Waals surface area contributed by atoms with E-state index in [1.54, 1.807) is 6.07 Å². The molecule has 3 nitrogen and oxygen atoms in total. The van der Waals surface area contributed by atoms with E-state index in [1.165, 1.54) is 6.26 Å². The molecule has 0 atom stereocenters. The molecule has 0 radical (unpaired) electrons. The van der Waals surface area contributed by atoms with E-state index < -0.39 is 5.97 Å². The second-order valence-electron chi connectivity index (χ2n) is 2.71. The van der Waals surface area contributed by atoms with Gasteiger partial charge in [0, 0.05) is 5.56 Å². The first kappa shape index (κ1) is 8.59. The lowest BCUT2D eigenvalue weighted by Crippen LogP contribution is -1.98. The Kier molecular flexibility index (Phi) is 2.33. The summed E-state index contributed by atoms with van der Waals surface area (Å²) in [5.74, 6) is -1.02. The van der Waals surface area contributed by atoms with Gasteiger partial charge in [0.2, 0.25) is 5.76 Å². The van der Waals surface area contributed by atoms with Crippen LogP contribution in [0.15, 0.2) is 28.9 Å². The van der Waals surface area contributed by atoms with Gasteiger partial charge >= 0.3 is 5.97 Å². The van der Waals surface area contributed by atoms with Crippen molar-refractivity contribution in [3.8, 4) is 0 Å². The summed E-state index contributed by atoms with van der Waals surface area (Å²) >= 11 is 0. The van der Waals surface area contributed by atoms with Crippen molar-refractivity contribution < 1.29 is 14.3 Å². The van der Waals surface area contributed by atoms with Crippen LogP contribution < -0.4 is 0 Å². The smallest absolute Gasteiger partial charge is 0.372 e. The molecule has 1 aromatic heterocycles. The number of allylic oxidation sites excluding steroid dienone is 1. The molecular formula is C9H10O3. The highest BCUT2D eigenvalue weighted by Gasteiger charge is 2.12. The zero-order chi connectivity index (χ0) is 9.14. The molecule has 0 bridgehead atoms. The van der Waals surface area contributed by atoms with Gasteiger partial charge < -0.3 is 9.52 Å². The number of aromatic carboxylic acids is 1. The van der Waals surface area contributed by atoms with Crippen LogP contribution in [-0.2, 0) is 6.42 Å². The highest BCUT2D eigenvalue weighted by Crippen LogP contribution is 2.13. The van der Waals surface area contributed by atoms with Crippen LogP contribution in [0.4, 0.5) is 0 Å². The van der Waals surface area contributed by atoms with E-state index in [4.69, 9.17) is 9.52 Å². The standard InChI is InChI=1S/C9H10O3/c1-6(2)5-7-3-4-12-8(7)9(10)11/h3-4H,1,5H2,2H3,(H,10,11). The Hall–Kier alpha value is -1.51. The minimum Gasteiger partial charge on any atom is -0.475 e. The molecule has 3 heteroatoms. The fourth-order valence-corrected chi connectivity index (χ4v) is 0.988. The second-order valence-corrected chi connectivity index (χ2v) is 2.71. The van der Waals surface area contributed by atoms with Crippen LogP contribution in [0.2, 0.25) is 0 Å². The molecule has 1 heterocycles.